The molecule has 0 atom stereocenters. The van der Waals surface area contributed by atoms with Crippen LogP contribution in [-0.4, -0.2) is 34.5 Å². The van der Waals surface area contributed by atoms with Crippen LogP contribution < -0.4 is 10.3 Å². The molecule has 0 bridgehead atoms. The lowest BCUT2D eigenvalue weighted by Crippen LogP contribution is -2.26. The van der Waals surface area contributed by atoms with Crippen LogP contribution in [0.5, 0.6) is 5.75 Å². The molecule has 3 aromatic rings. The van der Waals surface area contributed by atoms with Crippen LogP contribution >= 0.6 is 12.2 Å². The van der Waals surface area contributed by atoms with Crippen molar-refractivity contribution in [1.82, 2.24) is 14.5 Å². The smallest absolute Gasteiger partial charge is 0.262 e. The fourth-order valence-electron chi connectivity index (χ4n) is 3.41. The van der Waals surface area contributed by atoms with Crippen molar-refractivity contribution < 1.29 is 9.53 Å². The number of hydrogen-bond donors (Lipinski definition) is 1. The molecule has 1 aromatic heterocycles. The van der Waals surface area contributed by atoms with E-state index in [0.717, 1.165) is 36.1 Å². The summed E-state index contributed by atoms with van der Waals surface area (Å²) in [6.07, 6.45) is 2.93. The summed E-state index contributed by atoms with van der Waals surface area (Å²) in [4.78, 5) is 29.9. The summed E-state index contributed by atoms with van der Waals surface area (Å²) in [6.45, 7) is 1.12. The van der Waals surface area contributed by atoms with Gasteiger partial charge in [-0.1, -0.05) is 30.7 Å². The average molecular weight is 426 g/mol. The molecule has 30 heavy (non-hydrogen) atoms. The second-order valence-corrected chi connectivity index (χ2v) is 7.73. The number of rotatable bonds is 9. The van der Waals surface area contributed by atoms with Gasteiger partial charge in [-0.2, -0.15) is 0 Å². The van der Waals surface area contributed by atoms with E-state index in [0.29, 0.717) is 29.7 Å². The zero-order chi connectivity index (χ0) is 21.5. The Morgan fingerprint density at radius 3 is 2.57 bits per heavy atom. The highest BCUT2D eigenvalue weighted by molar-refractivity contribution is 7.71. The van der Waals surface area contributed by atoms with Gasteiger partial charge in [0.05, 0.1) is 18.0 Å². The van der Waals surface area contributed by atoms with Crippen LogP contribution in [0.4, 0.5) is 0 Å². The highest BCUT2D eigenvalue weighted by atomic mass is 32.1. The van der Waals surface area contributed by atoms with Crippen LogP contribution in [-0.2, 0) is 17.9 Å². The standard InChI is InChI=1S/C23H27N3O3S/c1-25(16-17-11-13-18(29-2)14-12-17)21(27)10-4-3-7-15-26-22(28)19-8-5-6-9-20(19)24-23(26)30/h5-6,8-9,11-14H,3-4,7,10,15-16H2,1-2H3,(H,24,30). The first kappa shape index (κ1) is 21.8. The van der Waals surface area contributed by atoms with Gasteiger partial charge in [-0.25, -0.2) is 0 Å². The summed E-state index contributed by atoms with van der Waals surface area (Å²) in [6, 6.07) is 15.1. The maximum Gasteiger partial charge on any atom is 0.262 e. The Labute approximate surface area is 181 Å². The minimum atomic E-state index is -0.0651. The third-order valence-electron chi connectivity index (χ3n) is 5.17. The highest BCUT2D eigenvalue weighted by Crippen LogP contribution is 2.13. The zero-order valence-corrected chi connectivity index (χ0v) is 18.2. The Morgan fingerprint density at radius 1 is 1.10 bits per heavy atom. The van der Waals surface area contributed by atoms with Gasteiger partial charge in [-0.3, -0.25) is 14.2 Å². The first-order valence-electron chi connectivity index (χ1n) is 10.1. The monoisotopic (exact) mass is 425 g/mol. The van der Waals surface area contributed by atoms with E-state index >= 15 is 0 Å². The number of carbonyl (C=O) groups is 1. The predicted molar refractivity (Wildman–Crippen MR) is 121 cm³/mol. The second kappa shape index (κ2) is 10.2. The third-order valence-corrected chi connectivity index (χ3v) is 5.49. The van der Waals surface area contributed by atoms with Crippen LogP contribution in [0.2, 0.25) is 0 Å². The van der Waals surface area contributed by atoms with E-state index < -0.39 is 0 Å². The fraction of sp³-hybridized carbons (Fsp3) is 0.348. The molecule has 2 aromatic carbocycles. The number of aromatic amines is 1. The number of fused-ring (bicyclic) bond motifs is 1. The molecule has 0 saturated heterocycles. The van der Waals surface area contributed by atoms with Gasteiger partial charge in [0, 0.05) is 26.6 Å². The number of carbonyl (C=O) groups excluding carboxylic acids is 1. The lowest BCUT2D eigenvalue weighted by molar-refractivity contribution is -0.130. The van der Waals surface area contributed by atoms with Crippen molar-refractivity contribution in [3.05, 3.63) is 69.2 Å². The second-order valence-electron chi connectivity index (χ2n) is 7.34. The summed E-state index contributed by atoms with van der Waals surface area (Å²) in [5.41, 5.74) is 1.76. The third kappa shape index (κ3) is 5.36. The molecule has 158 valence electrons. The number of nitrogens with zero attached hydrogens (tertiary/aromatic N) is 2. The van der Waals surface area contributed by atoms with Gasteiger partial charge in [0.2, 0.25) is 5.91 Å². The van der Waals surface area contributed by atoms with E-state index in [1.54, 1.807) is 22.6 Å². The minimum Gasteiger partial charge on any atom is -0.497 e. The van der Waals surface area contributed by atoms with Gasteiger partial charge < -0.3 is 14.6 Å². The van der Waals surface area contributed by atoms with E-state index in [1.165, 1.54) is 0 Å². The van der Waals surface area contributed by atoms with Crippen LogP contribution in [0.15, 0.2) is 53.3 Å². The maximum atomic E-state index is 12.6. The van der Waals surface area contributed by atoms with Gasteiger partial charge in [0.1, 0.15) is 5.75 Å². The number of benzene rings is 2. The van der Waals surface area contributed by atoms with Crippen LogP contribution in [0.25, 0.3) is 10.9 Å². The Morgan fingerprint density at radius 2 is 1.83 bits per heavy atom. The number of ether oxygens (including phenoxy) is 1. The molecule has 1 N–H and O–H groups in total. The molecule has 6 nitrogen and oxygen atoms in total. The highest BCUT2D eigenvalue weighted by Gasteiger charge is 2.10. The Bertz CT molecular complexity index is 1120. The number of hydrogen-bond acceptors (Lipinski definition) is 4. The largest absolute Gasteiger partial charge is 0.497 e. The van der Waals surface area contributed by atoms with Gasteiger partial charge in [0.15, 0.2) is 4.77 Å². The molecule has 0 spiro atoms. The summed E-state index contributed by atoms with van der Waals surface area (Å²) in [5.74, 6) is 0.920. The van der Waals surface area contributed by atoms with Crippen molar-refractivity contribution in [3.63, 3.8) is 0 Å². The molecule has 0 aliphatic heterocycles. The molecule has 3 rings (SSSR count). The number of methoxy groups -OCH3 is 1. The first-order chi connectivity index (χ1) is 14.5. The van der Waals surface area contributed by atoms with E-state index in [2.05, 4.69) is 4.98 Å². The van der Waals surface area contributed by atoms with Crippen molar-refractivity contribution in [2.75, 3.05) is 14.2 Å². The molecule has 0 radical (unpaired) electrons. The van der Waals surface area contributed by atoms with E-state index in [1.807, 2.05) is 49.5 Å². The van der Waals surface area contributed by atoms with Gasteiger partial charge in [-0.15, -0.1) is 0 Å². The Kier molecular flexibility index (Phi) is 7.41. The SMILES string of the molecule is COc1ccc(CN(C)C(=O)CCCCCn2c(=S)[nH]c3ccccc3c2=O)cc1. The van der Waals surface area contributed by atoms with Crippen LogP contribution in [0, 0.1) is 4.77 Å². The number of unbranched alkanes of at least 4 members (excludes halogenated alkanes) is 2. The number of amides is 1. The minimum absolute atomic E-state index is 0.0651. The maximum absolute atomic E-state index is 12.6. The van der Waals surface area contributed by atoms with Crippen molar-refractivity contribution in [2.45, 2.75) is 38.8 Å². The molecule has 0 unspecified atom stereocenters. The fourth-order valence-corrected chi connectivity index (χ4v) is 3.69. The van der Waals surface area contributed by atoms with E-state index in [9.17, 15) is 9.59 Å². The topological polar surface area (TPSA) is 67.3 Å². The first-order valence-corrected chi connectivity index (χ1v) is 10.5. The van der Waals surface area contributed by atoms with Crippen molar-refractivity contribution in [1.29, 1.82) is 0 Å². The molecular formula is C23H27N3O3S. The molecule has 0 aliphatic carbocycles. The summed E-state index contributed by atoms with van der Waals surface area (Å²) >= 11 is 5.34. The molecule has 0 fully saturated rings. The average Bonchev–Trinajstić information content (AvgIpc) is 2.75. The van der Waals surface area contributed by atoms with E-state index in [-0.39, 0.29) is 11.5 Å². The number of aromatic nitrogens is 2. The summed E-state index contributed by atoms with van der Waals surface area (Å²) in [5, 5.41) is 0.640. The molecule has 7 heteroatoms. The molecular weight excluding hydrogens is 398 g/mol. The molecule has 1 amide bonds. The lowest BCUT2D eigenvalue weighted by atomic mass is 10.1. The Balaban J connectivity index is 1.45. The Hall–Kier alpha value is -2.93. The number of para-hydroxylation sites is 1. The molecule has 1 heterocycles. The van der Waals surface area contributed by atoms with Crippen molar-refractivity contribution >= 4 is 29.0 Å². The van der Waals surface area contributed by atoms with Crippen LogP contribution in [0.1, 0.15) is 31.2 Å². The number of H-pyrrole nitrogens is 1. The zero-order valence-electron chi connectivity index (χ0n) is 17.4. The summed E-state index contributed by atoms with van der Waals surface area (Å²) in [7, 11) is 3.45. The number of nitrogens with one attached hydrogen (secondary N) is 1. The van der Waals surface area contributed by atoms with Gasteiger partial charge in [-0.05, 0) is 54.9 Å². The van der Waals surface area contributed by atoms with Crippen LogP contribution in [0.3, 0.4) is 0 Å². The lowest BCUT2D eigenvalue weighted by Gasteiger charge is -2.17. The van der Waals surface area contributed by atoms with E-state index in [4.69, 9.17) is 17.0 Å². The predicted octanol–water partition coefficient (Wildman–Crippen LogP) is 4.29. The summed E-state index contributed by atoms with van der Waals surface area (Å²) < 4.78 is 7.20. The quantitative estimate of drug-likeness (QED) is 0.410. The van der Waals surface area contributed by atoms with Crippen molar-refractivity contribution in [2.24, 2.45) is 0 Å². The normalized spacial score (nSPS) is 10.9. The van der Waals surface area contributed by atoms with Gasteiger partial charge in [0.25, 0.3) is 5.56 Å². The molecule has 0 aliphatic rings. The van der Waals surface area contributed by atoms with Gasteiger partial charge >= 0.3 is 0 Å². The molecule has 0 saturated carbocycles. The van der Waals surface area contributed by atoms with Crippen molar-refractivity contribution in [3.8, 4) is 5.75 Å².